The minimum atomic E-state index is 0.311. The Morgan fingerprint density at radius 2 is 2.44 bits per heavy atom. The fourth-order valence-electron chi connectivity index (χ4n) is 2.26. The molecule has 0 saturated heterocycles. The van der Waals surface area contributed by atoms with Gasteiger partial charge in [-0.15, -0.1) is 6.58 Å². The Bertz CT molecular complexity index is 373. The summed E-state index contributed by atoms with van der Waals surface area (Å²) >= 11 is 0. The Kier molecular flexibility index (Phi) is 3.62. The molecule has 1 aromatic carbocycles. The monoisotopic (exact) mass is 217 g/mol. The highest BCUT2D eigenvalue weighted by atomic mass is 16.5. The van der Waals surface area contributed by atoms with Crippen LogP contribution in [0.1, 0.15) is 30.0 Å². The Balaban J connectivity index is 2.35. The van der Waals surface area contributed by atoms with Crippen LogP contribution in [0.5, 0.6) is 5.75 Å². The molecular formula is C14H19NO. The summed E-state index contributed by atoms with van der Waals surface area (Å²) in [6.45, 7) is 4.65. The molecule has 0 spiro atoms. The van der Waals surface area contributed by atoms with Crippen LogP contribution >= 0.6 is 0 Å². The van der Waals surface area contributed by atoms with Gasteiger partial charge >= 0.3 is 0 Å². The average Bonchev–Trinajstić information content (AvgIpc) is 2.35. The largest absolute Gasteiger partial charge is 0.493 e. The number of para-hydroxylation sites is 1. The van der Waals surface area contributed by atoms with E-state index in [1.54, 1.807) is 0 Å². The van der Waals surface area contributed by atoms with Crippen LogP contribution in [0, 0.1) is 0 Å². The van der Waals surface area contributed by atoms with Crippen LogP contribution < -0.4 is 10.1 Å². The summed E-state index contributed by atoms with van der Waals surface area (Å²) in [7, 11) is 1.98. The van der Waals surface area contributed by atoms with E-state index in [4.69, 9.17) is 4.74 Å². The van der Waals surface area contributed by atoms with Crippen LogP contribution in [0.3, 0.4) is 0 Å². The predicted molar refractivity (Wildman–Crippen MR) is 66.9 cm³/mol. The smallest absolute Gasteiger partial charge is 0.127 e. The maximum Gasteiger partial charge on any atom is 0.127 e. The Hall–Kier alpha value is -1.28. The fraction of sp³-hybridized carbons (Fsp3) is 0.429. The van der Waals surface area contributed by atoms with Crippen molar-refractivity contribution in [3.63, 3.8) is 0 Å². The van der Waals surface area contributed by atoms with E-state index in [0.29, 0.717) is 6.04 Å². The molecule has 0 saturated carbocycles. The molecule has 0 bridgehead atoms. The molecule has 1 heterocycles. The molecule has 16 heavy (non-hydrogen) atoms. The summed E-state index contributed by atoms with van der Waals surface area (Å²) in [5.74, 6) is 1.09. The molecule has 1 unspecified atom stereocenters. The molecule has 1 aliphatic rings. The number of aryl methyl sites for hydroxylation is 1. The van der Waals surface area contributed by atoms with Crippen molar-refractivity contribution in [2.24, 2.45) is 0 Å². The van der Waals surface area contributed by atoms with Crippen molar-refractivity contribution in [1.82, 2.24) is 5.32 Å². The molecule has 0 fully saturated rings. The number of nitrogens with one attached hydrogen (secondary N) is 1. The van der Waals surface area contributed by atoms with Crippen molar-refractivity contribution >= 4 is 0 Å². The van der Waals surface area contributed by atoms with Crippen molar-refractivity contribution in [3.05, 3.63) is 42.0 Å². The summed E-state index contributed by atoms with van der Waals surface area (Å²) in [5, 5.41) is 3.32. The Morgan fingerprint density at radius 1 is 1.56 bits per heavy atom. The Labute approximate surface area is 97.3 Å². The average molecular weight is 217 g/mol. The normalized spacial score (nSPS) is 16.1. The maximum atomic E-state index is 5.81. The Morgan fingerprint density at radius 3 is 3.19 bits per heavy atom. The zero-order chi connectivity index (χ0) is 11.4. The van der Waals surface area contributed by atoms with E-state index in [9.17, 15) is 0 Å². The fourth-order valence-corrected chi connectivity index (χ4v) is 2.26. The highest BCUT2D eigenvalue weighted by Gasteiger charge is 2.18. The van der Waals surface area contributed by atoms with Gasteiger partial charge in [-0.3, -0.25) is 0 Å². The first-order valence-corrected chi connectivity index (χ1v) is 5.89. The number of fused-ring (bicyclic) bond motifs is 1. The minimum absolute atomic E-state index is 0.311. The second-order valence-corrected chi connectivity index (χ2v) is 4.15. The third kappa shape index (κ3) is 2.12. The lowest BCUT2D eigenvalue weighted by atomic mass is 9.96. The SMILES string of the molecule is C=CCC(NC)c1cccc2c1OCCC2. The van der Waals surface area contributed by atoms with Crippen molar-refractivity contribution in [1.29, 1.82) is 0 Å². The van der Waals surface area contributed by atoms with Gasteiger partial charge in [-0.25, -0.2) is 0 Å². The summed E-state index contributed by atoms with van der Waals surface area (Å²) in [4.78, 5) is 0. The number of rotatable bonds is 4. The van der Waals surface area contributed by atoms with Gasteiger partial charge in [0.15, 0.2) is 0 Å². The molecule has 1 aromatic rings. The standard InChI is InChI=1S/C14H19NO/c1-3-6-13(15-2)12-9-4-7-11-8-5-10-16-14(11)12/h3-4,7,9,13,15H,1,5-6,8,10H2,2H3. The third-order valence-corrected chi connectivity index (χ3v) is 3.09. The van der Waals surface area contributed by atoms with Gasteiger partial charge in [0.1, 0.15) is 5.75 Å². The summed E-state index contributed by atoms with van der Waals surface area (Å²) in [5.41, 5.74) is 2.60. The summed E-state index contributed by atoms with van der Waals surface area (Å²) in [6.07, 6.45) is 5.13. The molecule has 2 rings (SSSR count). The lowest BCUT2D eigenvalue weighted by Crippen LogP contribution is -2.19. The molecule has 0 radical (unpaired) electrons. The van der Waals surface area contributed by atoms with Gasteiger partial charge in [-0.1, -0.05) is 24.3 Å². The van der Waals surface area contributed by atoms with E-state index in [1.165, 1.54) is 11.1 Å². The van der Waals surface area contributed by atoms with Crippen LogP contribution in [0.4, 0.5) is 0 Å². The van der Waals surface area contributed by atoms with Crippen molar-refractivity contribution < 1.29 is 4.74 Å². The van der Waals surface area contributed by atoms with Crippen molar-refractivity contribution in [3.8, 4) is 5.75 Å². The van der Waals surface area contributed by atoms with Crippen LogP contribution in [-0.4, -0.2) is 13.7 Å². The summed E-state index contributed by atoms with van der Waals surface area (Å²) in [6, 6.07) is 6.74. The molecule has 1 N–H and O–H groups in total. The molecular weight excluding hydrogens is 198 g/mol. The van der Waals surface area contributed by atoms with Crippen LogP contribution in [0.2, 0.25) is 0 Å². The van der Waals surface area contributed by atoms with Crippen LogP contribution in [-0.2, 0) is 6.42 Å². The predicted octanol–water partition coefficient (Wildman–Crippen LogP) is 2.85. The molecule has 2 heteroatoms. The van der Waals surface area contributed by atoms with Gasteiger partial charge in [-0.05, 0) is 31.9 Å². The van der Waals surface area contributed by atoms with E-state index in [1.807, 2.05) is 13.1 Å². The molecule has 0 amide bonds. The second-order valence-electron chi connectivity index (χ2n) is 4.15. The zero-order valence-corrected chi connectivity index (χ0v) is 9.83. The second kappa shape index (κ2) is 5.17. The van der Waals surface area contributed by atoms with E-state index >= 15 is 0 Å². The molecule has 86 valence electrons. The lowest BCUT2D eigenvalue weighted by Gasteiger charge is -2.24. The highest BCUT2D eigenvalue weighted by Crippen LogP contribution is 2.33. The van der Waals surface area contributed by atoms with E-state index in [2.05, 4.69) is 30.1 Å². The van der Waals surface area contributed by atoms with E-state index < -0.39 is 0 Å². The third-order valence-electron chi connectivity index (χ3n) is 3.09. The highest BCUT2D eigenvalue weighted by molar-refractivity contribution is 5.44. The topological polar surface area (TPSA) is 21.3 Å². The maximum absolute atomic E-state index is 5.81. The van der Waals surface area contributed by atoms with Crippen molar-refractivity contribution in [2.45, 2.75) is 25.3 Å². The van der Waals surface area contributed by atoms with Crippen LogP contribution in [0.25, 0.3) is 0 Å². The first-order valence-electron chi connectivity index (χ1n) is 5.89. The molecule has 0 aliphatic carbocycles. The van der Waals surface area contributed by atoms with E-state index in [0.717, 1.165) is 31.6 Å². The number of hydrogen-bond acceptors (Lipinski definition) is 2. The summed E-state index contributed by atoms with van der Waals surface area (Å²) < 4.78 is 5.81. The molecule has 0 aromatic heterocycles. The van der Waals surface area contributed by atoms with Gasteiger partial charge in [0.05, 0.1) is 6.61 Å². The van der Waals surface area contributed by atoms with E-state index in [-0.39, 0.29) is 0 Å². The van der Waals surface area contributed by atoms with Crippen LogP contribution in [0.15, 0.2) is 30.9 Å². The molecule has 1 aliphatic heterocycles. The lowest BCUT2D eigenvalue weighted by molar-refractivity contribution is 0.282. The number of benzene rings is 1. The number of hydrogen-bond donors (Lipinski definition) is 1. The number of ether oxygens (including phenoxy) is 1. The van der Waals surface area contributed by atoms with Crippen molar-refractivity contribution in [2.75, 3.05) is 13.7 Å². The van der Waals surface area contributed by atoms with Gasteiger partial charge in [0.25, 0.3) is 0 Å². The minimum Gasteiger partial charge on any atom is -0.493 e. The first kappa shape index (κ1) is 11.2. The van der Waals surface area contributed by atoms with Gasteiger partial charge in [0.2, 0.25) is 0 Å². The van der Waals surface area contributed by atoms with Gasteiger partial charge in [-0.2, -0.15) is 0 Å². The molecule has 2 nitrogen and oxygen atoms in total. The zero-order valence-electron chi connectivity index (χ0n) is 9.83. The van der Waals surface area contributed by atoms with Gasteiger partial charge < -0.3 is 10.1 Å². The quantitative estimate of drug-likeness (QED) is 0.783. The van der Waals surface area contributed by atoms with Gasteiger partial charge in [0, 0.05) is 11.6 Å². The molecule has 1 atom stereocenters. The first-order chi connectivity index (χ1) is 7.86.